The molecular weight excluding hydrogens is 399 g/mol. The van der Waals surface area contributed by atoms with Crippen molar-refractivity contribution in [1.29, 1.82) is 0 Å². The minimum atomic E-state index is -4.04. The zero-order valence-corrected chi connectivity index (χ0v) is 15.6. The first-order valence-corrected chi connectivity index (χ1v) is 9.74. The molecule has 3 aromatic rings. The summed E-state index contributed by atoms with van der Waals surface area (Å²) in [5.74, 6) is -1.97. The molecule has 0 atom stereocenters. The number of hydrazine groups is 1. The normalized spacial score (nSPS) is 10.8. The van der Waals surface area contributed by atoms with Crippen molar-refractivity contribution in [1.82, 2.24) is 15.8 Å². The number of hydrogen-bond acceptors (Lipinski definition) is 5. The number of carbonyl (C=O) groups is 2. The number of benzene rings is 2. The van der Waals surface area contributed by atoms with Crippen LogP contribution in [0.4, 0.5) is 10.1 Å². The summed E-state index contributed by atoms with van der Waals surface area (Å²) in [7, 11) is -4.04. The number of rotatable bonds is 5. The summed E-state index contributed by atoms with van der Waals surface area (Å²) in [6, 6.07) is 15.0. The van der Waals surface area contributed by atoms with Crippen molar-refractivity contribution >= 4 is 27.5 Å². The van der Waals surface area contributed by atoms with E-state index in [0.29, 0.717) is 0 Å². The Balaban J connectivity index is 1.65. The zero-order valence-electron chi connectivity index (χ0n) is 14.8. The molecule has 0 unspecified atom stereocenters. The quantitative estimate of drug-likeness (QED) is 0.553. The van der Waals surface area contributed by atoms with Crippen molar-refractivity contribution in [3.63, 3.8) is 0 Å². The van der Waals surface area contributed by atoms with Gasteiger partial charge in [0.1, 0.15) is 11.5 Å². The second-order valence-corrected chi connectivity index (χ2v) is 7.42. The molecule has 1 aromatic heterocycles. The molecule has 1 heterocycles. The van der Waals surface area contributed by atoms with E-state index in [4.69, 9.17) is 0 Å². The monoisotopic (exact) mass is 414 g/mol. The van der Waals surface area contributed by atoms with E-state index < -0.39 is 27.7 Å². The first-order chi connectivity index (χ1) is 13.9. The van der Waals surface area contributed by atoms with E-state index in [2.05, 4.69) is 20.6 Å². The maximum absolute atomic E-state index is 13.7. The molecular formula is C19H15FN4O4S. The number of sulfonamides is 1. The van der Waals surface area contributed by atoms with Gasteiger partial charge in [-0.25, -0.2) is 12.8 Å². The van der Waals surface area contributed by atoms with Crippen molar-refractivity contribution in [2.24, 2.45) is 0 Å². The first-order valence-electron chi connectivity index (χ1n) is 8.26. The number of para-hydroxylation sites is 1. The van der Waals surface area contributed by atoms with Crippen LogP contribution >= 0.6 is 0 Å². The van der Waals surface area contributed by atoms with Gasteiger partial charge in [0.25, 0.3) is 21.8 Å². The summed E-state index contributed by atoms with van der Waals surface area (Å²) in [6.45, 7) is 0. The van der Waals surface area contributed by atoms with E-state index in [9.17, 15) is 22.4 Å². The number of halogens is 1. The van der Waals surface area contributed by atoms with Crippen LogP contribution < -0.4 is 15.6 Å². The fraction of sp³-hybridized carbons (Fsp3) is 0. The molecule has 148 valence electrons. The molecule has 0 bridgehead atoms. The molecule has 10 heteroatoms. The summed E-state index contributed by atoms with van der Waals surface area (Å²) in [5.41, 5.74) is 4.46. The van der Waals surface area contributed by atoms with Gasteiger partial charge in [0.2, 0.25) is 0 Å². The topological polar surface area (TPSA) is 117 Å². The molecule has 2 amide bonds. The van der Waals surface area contributed by atoms with Gasteiger partial charge in [-0.1, -0.05) is 18.2 Å². The molecule has 0 spiro atoms. The van der Waals surface area contributed by atoms with Crippen LogP contribution in [0.3, 0.4) is 0 Å². The molecule has 0 aliphatic carbocycles. The molecule has 0 aliphatic rings. The number of hydrogen-bond donors (Lipinski definition) is 3. The molecule has 3 N–H and O–H groups in total. The average molecular weight is 414 g/mol. The third-order valence-electron chi connectivity index (χ3n) is 3.73. The van der Waals surface area contributed by atoms with Gasteiger partial charge in [0.15, 0.2) is 0 Å². The predicted molar refractivity (Wildman–Crippen MR) is 103 cm³/mol. The van der Waals surface area contributed by atoms with Gasteiger partial charge >= 0.3 is 0 Å². The maximum atomic E-state index is 13.7. The molecule has 0 saturated heterocycles. The Morgan fingerprint density at radius 2 is 1.48 bits per heavy atom. The van der Waals surface area contributed by atoms with Crippen LogP contribution in [-0.4, -0.2) is 25.2 Å². The Morgan fingerprint density at radius 1 is 0.828 bits per heavy atom. The molecule has 0 radical (unpaired) electrons. The largest absolute Gasteiger partial charge is 0.288 e. The maximum Gasteiger partial charge on any atom is 0.288 e. The van der Waals surface area contributed by atoms with E-state index in [1.54, 1.807) is 12.1 Å². The van der Waals surface area contributed by atoms with Crippen LogP contribution in [0.2, 0.25) is 0 Å². The molecule has 29 heavy (non-hydrogen) atoms. The number of pyridine rings is 1. The van der Waals surface area contributed by atoms with E-state index in [0.717, 1.165) is 6.07 Å². The van der Waals surface area contributed by atoms with Gasteiger partial charge in [-0.05, 0) is 48.5 Å². The van der Waals surface area contributed by atoms with Crippen molar-refractivity contribution in [3.8, 4) is 0 Å². The fourth-order valence-electron chi connectivity index (χ4n) is 2.28. The van der Waals surface area contributed by atoms with Gasteiger partial charge < -0.3 is 0 Å². The SMILES string of the molecule is O=C(NNC(=O)c1ccccn1)c1ccc(S(=O)(=O)Nc2ccccc2F)cc1. The second-order valence-electron chi connectivity index (χ2n) is 5.73. The zero-order chi connectivity index (χ0) is 20.9. The first kappa shape index (κ1) is 20.0. The lowest BCUT2D eigenvalue weighted by Gasteiger charge is -2.10. The highest BCUT2D eigenvalue weighted by atomic mass is 32.2. The van der Waals surface area contributed by atoms with Crippen LogP contribution in [0.1, 0.15) is 20.8 Å². The van der Waals surface area contributed by atoms with E-state index in [1.165, 1.54) is 54.7 Å². The Labute approximate surface area is 165 Å². The van der Waals surface area contributed by atoms with Gasteiger partial charge in [0.05, 0.1) is 10.6 Å². The van der Waals surface area contributed by atoms with Crippen LogP contribution in [0, 0.1) is 5.82 Å². The minimum absolute atomic E-state index is 0.108. The highest BCUT2D eigenvalue weighted by Gasteiger charge is 2.17. The Kier molecular flexibility index (Phi) is 5.84. The van der Waals surface area contributed by atoms with E-state index >= 15 is 0 Å². The lowest BCUT2D eigenvalue weighted by Crippen LogP contribution is -2.41. The molecule has 2 aromatic carbocycles. The number of carbonyl (C=O) groups excluding carboxylic acids is 2. The summed E-state index contributed by atoms with van der Waals surface area (Å²) in [4.78, 5) is 27.7. The number of nitrogens with one attached hydrogen (secondary N) is 3. The van der Waals surface area contributed by atoms with E-state index in [1.807, 2.05) is 0 Å². The Morgan fingerprint density at radius 3 is 2.14 bits per heavy atom. The Bertz CT molecular complexity index is 1140. The molecule has 0 fully saturated rings. The fourth-order valence-corrected chi connectivity index (χ4v) is 3.35. The second kappa shape index (κ2) is 8.48. The summed E-state index contributed by atoms with van der Waals surface area (Å²) in [6.07, 6.45) is 1.44. The Hall–Kier alpha value is -3.79. The van der Waals surface area contributed by atoms with Gasteiger partial charge in [0, 0.05) is 11.8 Å². The average Bonchev–Trinajstić information content (AvgIpc) is 2.74. The van der Waals surface area contributed by atoms with Crippen molar-refractivity contribution in [2.45, 2.75) is 4.90 Å². The van der Waals surface area contributed by atoms with Crippen LogP contribution in [0.15, 0.2) is 77.8 Å². The highest BCUT2D eigenvalue weighted by Crippen LogP contribution is 2.19. The predicted octanol–water partition coefficient (Wildman–Crippen LogP) is 2.10. The highest BCUT2D eigenvalue weighted by molar-refractivity contribution is 7.92. The number of aromatic nitrogens is 1. The van der Waals surface area contributed by atoms with E-state index in [-0.39, 0.29) is 21.8 Å². The van der Waals surface area contributed by atoms with Crippen LogP contribution in [-0.2, 0) is 10.0 Å². The van der Waals surface area contributed by atoms with Crippen LogP contribution in [0.25, 0.3) is 0 Å². The summed E-state index contributed by atoms with van der Waals surface area (Å²) < 4.78 is 40.5. The molecule has 3 rings (SSSR count). The smallest absolute Gasteiger partial charge is 0.277 e. The molecule has 0 saturated carbocycles. The van der Waals surface area contributed by atoms with Crippen LogP contribution in [0.5, 0.6) is 0 Å². The van der Waals surface area contributed by atoms with Crippen molar-refractivity contribution in [2.75, 3.05) is 4.72 Å². The van der Waals surface area contributed by atoms with Crippen molar-refractivity contribution < 1.29 is 22.4 Å². The third-order valence-corrected chi connectivity index (χ3v) is 5.11. The lowest BCUT2D eigenvalue weighted by molar-refractivity contribution is 0.0844. The van der Waals surface area contributed by atoms with Gasteiger partial charge in [-0.2, -0.15) is 0 Å². The molecule has 8 nitrogen and oxygen atoms in total. The standard InChI is InChI=1S/C19H15FN4O4S/c20-15-5-1-2-6-16(15)24-29(27,28)14-10-8-13(9-11-14)18(25)22-23-19(26)17-7-3-4-12-21-17/h1-12,24H,(H,22,25)(H,23,26). The molecule has 0 aliphatic heterocycles. The minimum Gasteiger partial charge on any atom is -0.277 e. The number of nitrogens with zero attached hydrogens (tertiary/aromatic N) is 1. The van der Waals surface area contributed by atoms with Gasteiger partial charge in [-0.3, -0.25) is 30.1 Å². The third kappa shape index (κ3) is 4.93. The van der Waals surface area contributed by atoms with Gasteiger partial charge in [-0.15, -0.1) is 0 Å². The lowest BCUT2D eigenvalue weighted by atomic mass is 10.2. The number of anilines is 1. The number of amides is 2. The van der Waals surface area contributed by atoms with Crippen molar-refractivity contribution in [3.05, 3.63) is 90.0 Å². The summed E-state index contributed by atoms with van der Waals surface area (Å²) in [5, 5.41) is 0. The summed E-state index contributed by atoms with van der Waals surface area (Å²) >= 11 is 0.